The predicted molar refractivity (Wildman–Crippen MR) is 68.1 cm³/mol. The van der Waals surface area contributed by atoms with Crippen molar-refractivity contribution in [2.75, 3.05) is 18.0 Å². The normalized spacial score (nSPS) is 10.3. The van der Waals surface area contributed by atoms with E-state index in [1.165, 1.54) is 0 Å². The maximum absolute atomic E-state index is 11.0. The predicted octanol–water partition coefficient (Wildman–Crippen LogP) is 1.45. The van der Waals surface area contributed by atoms with E-state index >= 15 is 0 Å². The molecule has 0 saturated heterocycles. The lowest BCUT2D eigenvalue weighted by atomic mass is 10.1. The number of carbonyl (C=O) groups is 2. The van der Waals surface area contributed by atoms with Gasteiger partial charge in [0.15, 0.2) is 0 Å². The van der Waals surface area contributed by atoms with Crippen molar-refractivity contribution in [3.05, 3.63) is 29.8 Å². The van der Waals surface area contributed by atoms with Crippen LogP contribution in [0.2, 0.25) is 0 Å². The van der Waals surface area contributed by atoms with Crippen LogP contribution in [0.15, 0.2) is 24.3 Å². The summed E-state index contributed by atoms with van der Waals surface area (Å²) < 4.78 is 0. The third kappa shape index (κ3) is 4.26. The summed E-state index contributed by atoms with van der Waals surface area (Å²) in [6.45, 7) is 5.10. The van der Waals surface area contributed by atoms with E-state index in [9.17, 15) is 9.59 Å². The molecule has 0 aromatic heterocycles. The summed E-state index contributed by atoms with van der Waals surface area (Å²) in [7, 11) is 0. The Morgan fingerprint density at radius 1 is 1.35 bits per heavy atom. The highest BCUT2D eigenvalue weighted by atomic mass is 16.1. The highest BCUT2D eigenvalue weighted by molar-refractivity contribution is 5.80. The Hall–Kier alpha value is -1.84. The van der Waals surface area contributed by atoms with Crippen molar-refractivity contribution in [2.24, 2.45) is 11.7 Å². The summed E-state index contributed by atoms with van der Waals surface area (Å²) in [6.07, 6.45) is 0.796. The highest BCUT2D eigenvalue weighted by Crippen LogP contribution is 2.16. The zero-order chi connectivity index (χ0) is 12.8. The van der Waals surface area contributed by atoms with Gasteiger partial charge in [-0.25, -0.2) is 0 Å². The van der Waals surface area contributed by atoms with Crippen molar-refractivity contribution >= 4 is 17.9 Å². The number of anilines is 1. The second-order valence-electron chi connectivity index (χ2n) is 4.45. The van der Waals surface area contributed by atoms with Crippen LogP contribution in [0.3, 0.4) is 0 Å². The lowest BCUT2D eigenvalue weighted by Crippen LogP contribution is -2.36. The fourth-order valence-corrected chi connectivity index (χ4v) is 1.65. The molecular formula is C13H18N2O2. The Bertz CT molecular complexity index is 385. The molecule has 1 amide bonds. The van der Waals surface area contributed by atoms with Gasteiger partial charge in [0.1, 0.15) is 6.29 Å². The van der Waals surface area contributed by atoms with Crippen molar-refractivity contribution in [2.45, 2.75) is 13.8 Å². The monoisotopic (exact) mass is 234 g/mol. The van der Waals surface area contributed by atoms with Crippen LogP contribution in [0.25, 0.3) is 0 Å². The number of amides is 1. The van der Waals surface area contributed by atoms with Crippen molar-refractivity contribution in [1.29, 1.82) is 0 Å². The van der Waals surface area contributed by atoms with E-state index < -0.39 is 0 Å². The number of nitrogens with two attached hydrogens (primary N) is 1. The van der Waals surface area contributed by atoms with Crippen LogP contribution in [0.5, 0.6) is 0 Å². The molecule has 17 heavy (non-hydrogen) atoms. The van der Waals surface area contributed by atoms with Gasteiger partial charge >= 0.3 is 0 Å². The Balaban J connectivity index is 2.86. The second-order valence-corrected chi connectivity index (χ2v) is 4.45. The van der Waals surface area contributed by atoms with Gasteiger partial charge in [0.25, 0.3) is 0 Å². The first-order valence-corrected chi connectivity index (χ1v) is 5.61. The summed E-state index contributed by atoms with van der Waals surface area (Å²) in [5, 5.41) is 0. The molecule has 0 aliphatic carbocycles. The van der Waals surface area contributed by atoms with Crippen LogP contribution < -0.4 is 10.6 Å². The largest absolute Gasteiger partial charge is 0.368 e. The number of aldehydes is 1. The Morgan fingerprint density at radius 2 is 1.94 bits per heavy atom. The minimum atomic E-state index is -0.356. The van der Waals surface area contributed by atoms with E-state index in [2.05, 4.69) is 13.8 Å². The van der Waals surface area contributed by atoms with Gasteiger partial charge in [0.2, 0.25) is 5.91 Å². The van der Waals surface area contributed by atoms with Crippen LogP contribution in [-0.2, 0) is 4.79 Å². The number of benzene rings is 1. The third-order valence-corrected chi connectivity index (χ3v) is 2.33. The molecule has 4 nitrogen and oxygen atoms in total. The standard InChI is InChI=1S/C13H18N2O2/c1-10(2)7-15(8-13(14)17)12-5-3-11(9-16)4-6-12/h3-6,9-10H,7-8H2,1-2H3,(H2,14,17). The fraction of sp³-hybridized carbons (Fsp3) is 0.385. The van der Waals surface area contributed by atoms with E-state index in [1.54, 1.807) is 12.1 Å². The van der Waals surface area contributed by atoms with Gasteiger partial charge in [-0.1, -0.05) is 13.8 Å². The van der Waals surface area contributed by atoms with Crippen molar-refractivity contribution in [3.63, 3.8) is 0 Å². The van der Waals surface area contributed by atoms with Gasteiger partial charge in [-0.3, -0.25) is 9.59 Å². The van der Waals surface area contributed by atoms with Gasteiger partial charge in [-0.05, 0) is 30.2 Å². The van der Waals surface area contributed by atoms with Gasteiger partial charge in [0.05, 0.1) is 6.54 Å². The van der Waals surface area contributed by atoms with E-state index in [0.717, 1.165) is 18.5 Å². The minimum absolute atomic E-state index is 0.193. The van der Waals surface area contributed by atoms with Crippen LogP contribution in [-0.4, -0.2) is 25.3 Å². The zero-order valence-electron chi connectivity index (χ0n) is 10.2. The molecule has 0 radical (unpaired) electrons. The van der Waals surface area contributed by atoms with E-state index in [4.69, 9.17) is 5.73 Å². The number of primary amides is 1. The Labute approximate surface area is 101 Å². The summed E-state index contributed by atoms with van der Waals surface area (Å²) in [4.78, 5) is 23.5. The molecule has 0 aliphatic rings. The lowest BCUT2D eigenvalue weighted by Gasteiger charge is -2.25. The Morgan fingerprint density at radius 3 is 2.35 bits per heavy atom. The van der Waals surface area contributed by atoms with Gasteiger partial charge in [0, 0.05) is 17.8 Å². The van der Waals surface area contributed by atoms with Crippen molar-refractivity contribution in [3.8, 4) is 0 Å². The summed E-state index contributed by atoms with van der Waals surface area (Å²) in [5.41, 5.74) is 6.75. The van der Waals surface area contributed by atoms with Crippen LogP contribution >= 0.6 is 0 Å². The van der Waals surface area contributed by atoms with Crippen molar-refractivity contribution < 1.29 is 9.59 Å². The molecule has 1 rings (SSSR count). The van der Waals surface area contributed by atoms with E-state index in [0.29, 0.717) is 11.5 Å². The second kappa shape index (κ2) is 6.03. The molecule has 1 aromatic rings. The number of hydrogen-bond acceptors (Lipinski definition) is 3. The fourth-order valence-electron chi connectivity index (χ4n) is 1.65. The molecule has 0 unspecified atom stereocenters. The maximum atomic E-state index is 11.0. The molecule has 2 N–H and O–H groups in total. The molecule has 0 saturated carbocycles. The number of nitrogens with zero attached hydrogens (tertiary/aromatic N) is 1. The summed E-state index contributed by atoms with van der Waals surface area (Å²) in [6, 6.07) is 7.12. The molecule has 0 fully saturated rings. The number of hydrogen-bond donors (Lipinski definition) is 1. The molecule has 0 aliphatic heterocycles. The maximum Gasteiger partial charge on any atom is 0.236 e. The summed E-state index contributed by atoms with van der Waals surface area (Å²) in [5.74, 6) is 0.0743. The van der Waals surface area contributed by atoms with Crippen molar-refractivity contribution in [1.82, 2.24) is 0 Å². The van der Waals surface area contributed by atoms with Gasteiger partial charge in [-0.2, -0.15) is 0 Å². The first-order chi connectivity index (χ1) is 8.02. The molecule has 1 aromatic carbocycles. The van der Waals surface area contributed by atoms with Crippen LogP contribution in [0.4, 0.5) is 5.69 Å². The van der Waals surface area contributed by atoms with Gasteiger partial charge in [-0.15, -0.1) is 0 Å². The van der Waals surface area contributed by atoms with E-state index in [1.807, 2.05) is 17.0 Å². The molecule has 0 spiro atoms. The van der Waals surface area contributed by atoms with Crippen LogP contribution in [0.1, 0.15) is 24.2 Å². The average Bonchev–Trinajstić information content (AvgIpc) is 2.27. The lowest BCUT2D eigenvalue weighted by molar-refractivity contribution is -0.116. The molecule has 0 atom stereocenters. The molecule has 0 heterocycles. The molecule has 92 valence electrons. The van der Waals surface area contributed by atoms with E-state index in [-0.39, 0.29) is 12.5 Å². The molecular weight excluding hydrogens is 216 g/mol. The highest BCUT2D eigenvalue weighted by Gasteiger charge is 2.11. The summed E-state index contributed by atoms with van der Waals surface area (Å²) >= 11 is 0. The first-order valence-electron chi connectivity index (χ1n) is 5.61. The minimum Gasteiger partial charge on any atom is -0.368 e. The molecule has 0 bridgehead atoms. The quantitative estimate of drug-likeness (QED) is 0.758. The van der Waals surface area contributed by atoms with Gasteiger partial charge < -0.3 is 10.6 Å². The zero-order valence-corrected chi connectivity index (χ0v) is 10.2. The third-order valence-electron chi connectivity index (χ3n) is 2.33. The SMILES string of the molecule is CC(C)CN(CC(N)=O)c1ccc(C=O)cc1. The topological polar surface area (TPSA) is 63.4 Å². The number of rotatable bonds is 6. The van der Waals surface area contributed by atoms with Crippen LogP contribution in [0, 0.1) is 5.92 Å². The first kappa shape index (κ1) is 13.2. The molecule has 4 heteroatoms. The Kier molecular flexibility index (Phi) is 4.69. The average molecular weight is 234 g/mol. The number of carbonyl (C=O) groups excluding carboxylic acids is 2. The smallest absolute Gasteiger partial charge is 0.236 e.